The van der Waals surface area contributed by atoms with E-state index in [4.69, 9.17) is 15.0 Å². The van der Waals surface area contributed by atoms with Crippen LogP contribution in [0.1, 0.15) is 22.9 Å². The Morgan fingerprint density at radius 3 is 2.79 bits per heavy atom. The van der Waals surface area contributed by atoms with Crippen molar-refractivity contribution in [3.63, 3.8) is 0 Å². The minimum atomic E-state index is -0.0709. The Morgan fingerprint density at radius 1 is 1.42 bits per heavy atom. The Labute approximate surface area is 121 Å². The average molecular weight is 325 g/mol. The topological polar surface area (TPSA) is 60.4 Å². The van der Waals surface area contributed by atoms with Crippen LogP contribution in [0.5, 0.6) is 5.75 Å². The van der Waals surface area contributed by atoms with Crippen LogP contribution in [-0.2, 0) is 6.42 Å². The number of hydrogen-bond donors (Lipinski definition) is 2. The van der Waals surface area contributed by atoms with Gasteiger partial charge in [-0.3, -0.25) is 5.84 Å². The number of hydrogen-bond acceptors (Lipinski definition) is 4. The fourth-order valence-electron chi connectivity index (χ4n) is 2.02. The molecule has 4 nitrogen and oxygen atoms in total. The van der Waals surface area contributed by atoms with Crippen molar-refractivity contribution < 1.29 is 9.15 Å². The molecule has 0 aliphatic rings. The van der Waals surface area contributed by atoms with Crippen molar-refractivity contribution in [3.05, 3.63) is 51.9 Å². The Morgan fingerprint density at radius 2 is 2.21 bits per heavy atom. The number of benzene rings is 1. The average Bonchev–Trinajstić information content (AvgIpc) is 2.84. The van der Waals surface area contributed by atoms with E-state index in [1.807, 2.05) is 31.2 Å². The summed E-state index contributed by atoms with van der Waals surface area (Å²) >= 11 is 3.54. The zero-order valence-corrected chi connectivity index (χ0v) is 12.5. The normalized spacial score (nSPS) is 12.4. The van der Waals surface area contributed by atoms with Crippen LogP contribution >= 0.6 is 15.9 Å². The highest BCUT2D eigenvalue weighted by atomic mass is 79.9. The molecule has 0 aliphatic carbocycles. The maximum atomic E-state index is 5.64. The van der Waals surface area contributed by atoms with Crippen LogP contribution in [0.2, 0.25) is 0 Å². The molecule has 2 aromatic rings. The molecule has 0 fully saturated rings. The fraction of sp³-hybridized carbons (Fsp3) is 0.286. The van der Waals surface area contributed by atoms with Crippen molar-refractivity contribution >= 4 is 15.9 Å². The second-order valence-corrected chi connectivity index (χ2v) is 5.20. The van der Waals surface area contributed by atoms with Gasteiger partial charge in [0.1, 0.15) is 11.5 Å². The van der Waals surface area contributed by atoms with E-state index < -0.39 is 0 Å². The monoisotopic (exact) mass is 324 g/mol. The van der Waals surface area contributed by atoms with Gasteiger partial charge in [0.2, 0.25) is 0 Å². The zero-order valence-electron chi connectivity index (χ0n) is 10.9. The molecule has 0 saturated carbocycles. The molecule has 0 saturated heterocycles. The molecular weight excluding hydrogens is 308 g/mol. The SMILES string of the molecule is COc1ccc(Br)c(CC(NN)c2occc2C)c1. The fourth-order valence-corrected chi connectivity index (χ4v) is 2.43. The summed E-state index contributed by atoms with van der Waals surface area (Å²) < 4.78 is 11.8. The quantitative estimate of drug-likeness (QED) is 0.655. The molecule has 0 spiro atoms. The first kappa shape index (κ1) is 14.1. The van der Waals surface area contributed by atoms with Gasteiger partial charge in [-0.1, -0.05) is 15.9 Å². The number of methoxy groups -OCH3 is 1. The molecule has 0 bridgehead atoms. The summed E-state index contributed by atoms with van der Waals surface area (Å²) in [5.74, 6) is 7.33. The van der Waals surface area contributed by atoms with E-state index in [0.717, 1.165) is 27.1 Å². The van der Waals surface area contributed by atoms with Gasteiger partial charge in [0.05, 0.1) is 19.4 Å². The second kappa shape index (κ2) is 6.23. The number of hydrazine groups is 1. The lowest BCUT2D eigenvalue weighted by atomic mass is 10.0. The van der Waals surface area contributed by atoms with Crippen LogP contribution < -0.4 is 16.0 Å². The van der Waals surface area contributed by atoms with Gasteiger partial charge in [-0.05, 0) is 48.7 Å². The van der Waals surface area contributed by atoms with Crippen LogP contribution in [0.3, 0.4) is 0 Å². The summed E-state index contributed by atoms with van der Waals surface area (Å²) in [4.78, 5) is 0. The van der Waals surface area contributed by atoms with Gasteiger partial charge in [-0.2, -0.15) is 0 Å². The van der Waals surface area contributed by atoms with Gasteiger partial charge in [0, 0.05) is 4.47 Å². The third-order valence-corrected chi connectivity index (χ3v) is 3.87. The molecule has 1 unspecified atom stereocenters. The van der Waals surface area contributed by atoms with E-state index in [9.17, 15) is 0 Å². The first-order chi connectivity index (χ1) is 9.15. The van der Waals surface area contributed by atoms with E-state index in [1.54, 1.807) is 13.4 Å². The van der Waals surface area contributed by atoms with Crippen LogP contribution in [0.25, 0.3) is 0 Å². The third kappa shape index (κ3) is 3.18. The molecule has 0 aliphatic heterocycles. The summed E-state index contributed by atoms with van der Waals surface area (Å²) in [6.07, 6.45) is 2.39. The minimum absolute atomic E-state index is 0.0709. The van der Waals surface area contributed by atoms with Crippen molar-refractivity contribution in [1.82, 2.24) is 5.43 Å². The third-order valence-electron chi connectivity index (χ3n) is 3.10. The second-order valence-electron chi connectivity index (χ2n) is 4.35. The summed E-state index contributed by atoms with van der Waals surface area (Å²) in [5.41, 5.74) is 5.00. The highest BCUT2D eigenvalue weighted by molar-refractivity contribution is 9.10. The van der Waals surface area contributed by atoms with E-state index in [-0.39, 0.29) is 6.04 Å². The Balaban J connectivity index is 2.26. The molecule has 102 valence electrons. The van der Waals surface area contributed by atoms with E-state index >= 15 is 0 Å². The van der Waals surface area contributed by atoms with Gasteiger partial charge in [-0.15, -0.1) is 0 Å². The van der Waals surface area contributed by atoms with Crippen molar-refractivity contribution in [1.29, 1.82) is 0 Å². The van der Waals surface area contributed by atoms with Crippen molar-refractivity contribution in [2.45, 2.75) is 19.4 Å². The summed E-state index contributed by atoms with van der Waals surface area (Å²) in [6, 6.07) is 7.73. The largest absolute Gasteiger partial charge is 0.497 e. The number of aryl methyl sites for hydroxylation is 1. The maximum Gasteiger partial charge on any atom is 0.125 e. The summed E-state index contributed by atoms with van der Waals surface area (Å²) in [6.45, 7) is 2.00. The predicted octanol–water partition coefficient (Wildman–Crippen LogP) is 3.11. The van der Waals surface area contributed by atoms with Crippen LogP contribution in [0, 0.1) is 6.92 Å². The number of nitrogens with one attached hydrogen (secondary N) is 1. The molecule has 2 rings (SSSR count). The molecule has 1 aromatic carbocycles. The summed E-state index contributed by atoms with van der Waals surface area (Å²) in [7, 11) is 1.66. The first-order valence-corrected chi connectivity index (χ1v) is 6.77. The maximum absolute atomic E-state index is 5.64. The predicted molar refractivity (Wildman–Crippen MR) is 77.9 cm³/mol. The number of ether oxygens (including phenoxy) is 1. The van der Waals surface area contributed by atoms with Crippen molar-refractivity contribution in [2.75, 3.05) is 7.11 Å². The highest BCUT2D eigenvalue weighted by Gasteiger charge is 2.17. The Kier molecular flexibility index (Phi) is 4.63. The lowest BCUT2D eigenvalue weighted by Gasteiger charge is -2.16. The lowest BCUT2D eigenvalue weighted by molar-refractivity contribution is 0.406. The first-order valence-electron chi connectivity index (χ1n) is 5.98. The van der Waals surface area contributed by atoms with Gasteiger partial charge >= 0.3 is 0 Å². The Bertz CT molecular complexity index is 554. The summed E-state index contributed by atoms with van der Waals surface area (Å²) in [5, 5.41) is 0. The molecule has 1 aromatic heterocycles. The van der Waals surface area contributed by atoms with Gasteiger partial charge in [0.25, 0.3) is 0 Å². The van der Waals surface area contributed by atoms with Crippen molar-refractivity contribution in [2.24, 2.45) is 5.84 Å². The highest BCUT2D eigenvalue weighted by Crippen LogP contribution is 2.28. The van der Waals surface area contributed by atoms with E-state index in [0.29, 0.717) is 6.42 Å². The Hall–Kier alpha value is -1.30. The van der Waals surface area contributed by atoms with E-state index in [2.05, 4.69) is 21.4 Å². The molecule has 3 N–H and O–H groups in total. The van der Waals surface area contributed by atoms with Gasteiger partial charge in [-0.25, -0.2) is 5.43 Å². The molecule has 1 heterocycles. The van der Waals surface area contributed by atoms with E-state index in [1.165, 1.54) is 0 Å². The lowest BCUT2D eigenvalue weighted by Crippen LogP contribution is -2.29. The molecule has 1 atom stereocenters. The minimum Gasteiger partial charge on any atom is -0.497 e. The smallest absolute Gasteiger partial charge is 0.125 e. The zero-order chi connectivity index (χ0) is 13.8. The molecule has 5 heteroatoms. The standard InChI is InChI=1S/C14H17BrN2O2/c1-9-5-6-19-14(9)13(17-16)8-10-7-11(18-2)3-4-12(10)15/h3-7,13,17H,8,16H2,1-2H3. The molecule has 19 heavy (non-hydrogen) atoms. The number of furan rings is 1. The van der Waals surface area contributed by atoms with Crippen LogP contribution in [0.4, 0.5) is 0 Å². The molecular formula is C14H17BrN2O2. The van der Waals surface area contributed by atoms with Crippen LogP contribution in [-0.4, -0.2) is 7.11 Å². The number of halogens is 1. The molecule has 0 amide bonds. The van der Waals surface area contributed by atoms with Gasteiger partial charge in [0.15, 0.2) is 0 Å². The van der Waals surface area contributed by atoms with Crippen LogP contribution in [0.15, 0.2) is 39.4 Å². The van der Waals surface area contributed by atoms with Crippen molar-refractivity contribution in [3.8, 4) is 5.75 Å². The number of nitrogens with two attached hydrogens (primary N) is 1. The number of rotatable bonds is 5. The van der Waals surface area contributed by atoms with Gasteiger partial charge < -0.3 is 9.15 Å². The molecule has 0 radical (unpaired) electrons.